The van der Waals surface area contributed by atoms with Crippen LogP contribution in [0.5, 0.6) is 5.88 Å². The van der Waals surface area contributed by atoms with Crippen molar-refractivity contribution in [2.24, 2.45) is 0 Å². The van der Waals surface area contributed by atoms with Crippen LogP contribution in [0.1, 0.15) is 29.6 Å². The first kappa shape index (κ1) is 15.3. The summed E-state index contributed by atoms with van der Waals surface area (Å²) >= 11 is 6.20. The zero-order valence-electron chi connectivity index (χ0n) is 12.1. The van der Waals surface area contributed by atoms with E-state index in [0.29, 0.717) is 23.9 Å². The van der Waals surface area contributed by atoms with Gasteiger partial charge in [0.2, 0.25) is 5.88 Å². The molecule has 2 aromatic rings. The van der Waals surface area contributed by atoms with Crippen molar-refractivity contribution < 1.29 is 9.84 Å². The van der Waals surface area contributed by atoms with Gasteiger partial charge in [0.15, 0.2) is 11.6 Å². The first-order valence-electron chi connectivity index (χ1n) is 6.64. The molecule has 1 aromatic carbocycles. The molecule has 110 valence electrons. The van der Waals surface area contributed by atoms with Crippen molar-refractivity contribution >= 4 is 17.4 Å². The topological polar surface area (TPSA) is 55.2 Å². The maximum absolute atomic E-state index is 9.47. The predicted molar refractivity (Wildman–Crippen MR) is 83.9 cm³/mol. The van der Waals surface area contributed by atoms with Gasteiger partial charge in [0, 0.05) is 22.7 Å². The molecule has 0 saturated heterocycles. The molecule has 0 atom stereocenters. The van der Waals surface area contributed by atoms with Gasteiger partial charge in [0.1, 0.15) is 0 Å². The van der Waals surface area contributed by atoms with Crippen LogP contribution in [0.3, 0.4) is 0 Å². The summed E-state index contributed by atoms with van der Waals surface area (Å²) in [5.41, 5.74) is 2.57. The molecular weight excluding hydrogens is 288 g/mol. The minimum Gasteiger partial charge on any atom is -0.505 e. The van der Waals surface area contributed by atoms with Crippen molar-refractivity contribution in [2.45, 2.75) is 20.3 Å². The Morgan fingerprint density at radius 2 is 2.05 bits per heavy atom. The van der Waals surface area contributed by atoms with Gasteiger partial charge in [-0.1, -0.05) is 36.4 Å². The highest BCUT2D eigenvalue weighted by Crippen LogP contribution is 2.26. The van der Waals surface area contributed by atoms with E-state index in [1.807, 2.05) is 38.1 Å². The first-order valence-corrected chi connectivity index (χ1v) is 7.02. The average Bonchev–Trinajstić information content (AvgIpc) is 2.44. The van der Waals surface area contributed by atoms with Gasteiger partial charge in [0.25, 0.3) is 0 Å². The predicted octanol–water partition coefficient (Wildman–Crippen LogP) is 3.96. The van der Waals surface area contributed by atoms with E-state index >= 15 is 0 Å². The smallest absolute Gasteiger partial charge is 0.220 e. The van der Waals surface area contributed by atoms with Crippen LogP contribution < -0.4 is 4.74 Å². The van der Waals surface area contributed by atoms with Gasteiger partial charge < -0.3 is 9.84 Å². The van der Waals surface area contributed by atoms with E-state index in [0.717, 1.165) is 16.8 Å². The van der Waals surface area contributed by atoms with Crippen LogP contribution in [0.2, 0.25) is 5.02 Å². The number of ether oxygens (including phenoxy) is 1. The molecule has 0 spiro atoms. The van der Waals surface area contributed by atoms with E-state index in [1.165, 1.54) is 0 Å². The van der Waals surface area contributed by atoms with Crippen molar-refractivity contribution in [1.29, 1.82) is 0 Å². The van der Waals surface area contributed by atoms with Crippen LogP contribution in [0.25, 0.3) is 5.76 Å². The summed E-state index contributed by atoms with van der Waals surface area (Å²) < 4.78 is 5.57. The first-order chi connectivity index (χ1) is 10.0. The lowest BCUT2D eigenvalue weighted by Crippen LogP contribution is -2.08. The van der Waals surface area contributed by atoms with Crippen LogP contribution in [0, 0.1) is 6.92 Å². The van der Waals surface area contributed by atoms with Crippen LogP contribution in [0.4, 0.5) is 0 Å². The van der Waals surface area contributed by atoms with Crippen molar-refractivity contribution in [3.05, 3.63) is 58.5 Å². The summed E-state index contributed by atoms with van der Waals surface area (Å²) in [4.78, 5) is 8.48. The number of halogens is 1. The maximum Gasteiger partial charge on any atom is 0.220 e. The monoisotopic (exact) mass is 304 g/mol. The van der Waals surface area contributed by atoms with Gasteiger partial charge in [-0.25, -0.2) is 4.98 Å². The summed E-state index contributed by atoms with van der Waals surface area (Å²) in [5, 5.41) is 10.2. The Morgan fingerprint density at radius 1 is 1.33 bits per heavy atom. The Balaban J connectivity index is 2.47. The zero-order chi connectivity index (χ0) is 15.4. The van der Waals surface area contributed by atoms with Crippen molar-refractivity contribution in [1.82, 2.24) is 9.97 Å². The van der Waals surface area contributed by atoms with Gasteiger partial charge in [0.05, 0.1) is 6.61 Å². The van der Waals surface area contributed by atoms with Crippen molar-refractivity contribution in [3.63, 3.8) is 0 Å². The number of aliphatic hydroxyl groups excluding tert-OH is 1. The molecule has 5 heteroatoms. The van der Waals surface area contributed by atoms with Gasteiger partial charge in [-0.2, -0.15) is 4.98 Å². The quantitative estimate of drug-likeness (QED) is 0.850. The molecule has 21 heavy (non-hydrogen) atoms. The molecule has 0 aliphatic carbocycles. The third-order valence-corrected chi connectivity index (χ3v) is 3.41. The van der Waals surface area contributed by atoms with Gasteiger partial charge in [-0.05, 0) is 25.5 Å². The number of hydrogen-bond acceptors (Lipinski definition) is 4. The lowest BCUT2D eigenvalue weighted by Gasteiger charge is -2.13. The van der Waals surface area contributed by atoms with Gasteiger partial charge >= 0.3 is 0 Å². The molecule has 1 aromatic heterocycles. The molecule has 1 N–H and O–H groups in total. The second kappa shape index (κ2) is 6.59. The fourth-order valence-corrected chi connectivity index (χ4v) is 2.19. The fraction of sp³-hybridized carbons (Fsp3) is 0.250. The molecule has 0 aliphatic rings. The second-order valence-electron chi connectivity index (χ2n) is 4.56. The molecule has 0 amide bonds. The summed E-state index contributed by atoms with van der Waals surface area (Å²) in [5.74, 6) is 0.456. The minimum absolute atomic E-state index is 0.177. The van der Waals surface area contributed by atoms with E-state index in [4.69, 9.17) is 16.3 Å². The zero-order valence-corrected chi connectivity index (χ0v) is 12.8. The molecule has 4 nitrogen and oxygen atoms in total. The highest BCUT2D eigenvalue weighted by atomic mass is 35.5. The van der Waals surface area contributed by atoms with E-state index in [-0.39, 0.29) is 11.6 Å². The van der Waals surface area contributed by atoms with E-state index in [9.17, 15) is 5.11 Å². The molecule has 0 unspecified atom stereocenters. The second-order valence-corrected chi connectivity index (χ2v) is 4.97. The largest absolute Gasteiger partial charge is 0.505 e. The number of nitrogens with zero attached hydrogens (tertiary/aromatic N) is 2. The summed E-state index contributed by atoms with van der Waals surface area (Å²) in [6.07, 6.45) is 0.568. The number of hydrogen-bond donors (Lipinski definition) is 1. The third-order valence-electron chi connectivity index (χ3n) is 3.04. The molecule has 0 bridgehead atoms. The lowest BCUT2D eigenvalue weighted by molar-refractivity contribution is 0.321. The third kappa shape index (κ3) is 3.52. The Labute approximate surface area is 129 Å². The number of aliphatic hydroxyl groups is 1. The Kier molecular flexibility index (Phi) is 4.81. The van der Waals surface area contributed by atoms with E-state index in [1.54, 1.807) is 0 Å². The van der Waals surface area contributed by atoms with E-state index in [2.05, 4.69) is 16.5 Å². The Hall–Kier alpha value is -2.07. The van der Waals surface area contributed by atoms with Crippen LogP contribution >= 0.6 is 11.6 Å². The highest BCUT2D eigenvalue weighted by molar-refractivity contribution is 6.31. The highest BCUT2D eigenvalue weighted by Gasteiger charge is 2.15. The molecule has 0 saturated carbocycles. The van der Waals surface area contributed by atoms with Crippen LogP contribution in [-0.4, -0.2) is 21.7 Å². The maximum atomic E-state index is 9.47. The molecule has 0 fully saturated rings. The standard InChI is InChI=1S/C16H17ClN2O2/c1-4-21-16-13(9-12-7-5-6-8-14(12)17)10(2)18-15(19-16)11(3)20/h5-8,20H,3-4,9H2,1-2H3. The van der Waals surface area contributed by atoms with Crippen molar-refractivity contribution in [2.75, 3.05) is 6.61 Å². The summed E-state index contributed by atoms with van der Waals surface area (Å²) in [6, 6.07) is 7.62. The Bertz CT molecular complexity index is 671. The molecule has 1 heterocycles. The fourth-order valence-electron chi connectivity index (χ4n) is 1.99. The normalized spacial score (nSPS) is 10.4. The summed E-state index contributed by atoms with van der Waals surface area (Å²) in [6.45, 7) is 7.65. The average molecular weight is 305 g/mol. The Morgan fingerprint density at radius 3 is 2.67 bits per heavy atom. The molecule has 0 radical (unpaired) electrons. The molecular formula is C16H17ClN2O2. The number of benzene rings is 1. The number of rotatable bonds is 5. The summed E-state index contributed by atoms with van der Waals surface area (Å²) in [7, 11) is 0. The van der Waals surface area contributed by atoms with Crippen LogP contribution in [-0.2, 0) is 6.42 Å². The van der Waals surface area contributed by atoms with Crippen LogP contribution in [0.15, 0.2) is 30.8 Å². The van der Waals surface area contributed by atoms with Gasteiger partial charge in [-0.15, -0.1) is 0 Å². The molecule has 0 aliphatic heterocycles. The SMILES string of the molecule is C=C(O)c1nc(C)c(Cc2ccccc2Cl)c(OCC)n1. The molecule has 2 rings (SSSR count). The van der Waals surface area contributed by atoms with Crippen molar-refractivity contribution in [3.8, 4) is 5.88 Å². The lowest BCUT2D eigenvalue weighted by atomic mass is 10.0. The van der Waals surface area contributed by atoms with E-state index < -0.39 is 0 Å². The number of aromatic nitrogens is 2. The number of aryl methyl sites for hydroxylation is 1. The minimum atomic E-state index is -0.177. The van der Waals surface area contributed by atoms with Gasteiger partial charge in [-0.3, -0.25) is 0 Å².